The Morgan fingerprint density at radius 2 is 2.33 bits per heavy atom. The van der Waals surface area contributed by atoms with Crippen molar-refractivity contribution in [2.75, 3.05) is 0 Å². The van der Waals surface area contributed by atoms with Crippen molar-refractivity contribution in [3.05, 3.63) is 0 Å². The summed E-state index contributed by atoms with van der Waals surface area (Å²) in [6, 6.07) is 0. The lowest BCUT2D eigenvalue weighted by molar-refractivity contribution is 0.436. The molecule has 0 unspecified atom stereocenters. The van der Waals surface area contributed by atoms with Crippen molar-refractivity contribution in [3.8, 4) is 0 Å². The predicted octanol–water partition coefficient (Wildman–Crippen LogP) is 1.65. The molecule has 2 rings (SSSR count). The van der Waals surface area contributed by atoms with E-state index in [-0.39, 0.29) is 5.54 Å². The zero-order chi connectivity index (χ0) is 6.48. The van der Waals surface area contributed by atoms with Crippen LogP contribution in [0.1, 0.15) is 25.7 Å². The highest BCUT2D eigenvalue weighted by Crippen LogP contribution is 2.49. The van der Waals surface area contributed by atoms with Crippen LogP contribution in [0, 0.1) is 5.92 Å². The van der Waals surface area contributed by atoms with Gasteiger partial charge in [0.2, 0.25) is 0 Å². The van der Waals surface area contributed by atoms with Gasteiger partial charge in [-0.25, -0.2) is 0 Å². The Balaban J connectivity index is 2.22. The Bertz CT molecular complexity index is 137. The topological polar surface area (TPSA) is 26.0 Å². The molecule has 2 bridgehead atoms. The summed E-state index contributed by atoms with van der Waals surface area (Å²) in [5.41, 5.74) is 6.28. The van der Waals surface area contributed by atoms with E-state index < -0.39 is 0 Å². The van der Waals surface area contributed by atoms with E-state index in [1.165, 1.54) is 25.7 Å². The summed E-state index contributed by atoms with van der Waals surface area (Å²) in [7, 11) is 0. The average Bonchev–Trinajstić information content (AvgIpc) is 2.22. The second-order valence-corrected chi connectivity index (χ2v) is 4.65. The normalized spacial score (nSPS) is 56.7. The molecule has 9 heavy (non-hydrogen) atoms. The molecule has 0 aromatic rings. The number of fused-ring (bicyclic) bond motifs is 2. The molecule has 0 saturated heterocycles. The van der Waals surface area contributed by atoms with E-state index in [1.807, 2.05) is 0 Å². The maximum atomic E-state index is 6.10. The molecule has 3 atom stereocenters. The van der Waals surface area contributed by atoms with Gasteiger partial charge in [0.05, 0.1) is 0 Å². The molecule has 0 amide bonds. The third kappa shape index (κ3) is 0.761. The molecule has 2 heteroatoms. The summed E-state index contributed by atoms with van der Waals surface area (Å²) in [4.78, 5) is 0.615. The van der Waals surface area contributed by atoms with Crippen LogP contribution in [0.25, 0.3) is 0 Å². The van der Waals surface area contributed by atoms with Gasteiger partial charge < -0.3 is 5.73 Å². The van der Waals surface area contributed by atoms with Crippen LogP contribution in [-0.4, -0.2) is 10.4 Å². The molecule has 1 nitrogen and oxygen atoms in total. The quantitative estimate of drug-likeness (QED) is 0.577. The summed E-state index contributed by atoms with van der Waals surface area (Å²) < 4.78 is 0. The van der Waals surface area contributed by atoms with E-state index in [2.05, 4.69) is 15.9 Å². The molecule has 52 valence electrons. The van der Waals surface area contributed by atoms with E-state index in [4.69, 9.17) is 5.73 Å². The molecule has 0 aromatic carbocycles. The van der Waals surface area contributed by atoms with Gasteiger partial charge in [-0.1, -0.05) is 15.9 Å². The Morgan fingerprint density at radius 1 is 1.56 bits per heavy atom. The fourth-order valence-electron chi connectivity index (χ4n) is 2.23. The lowest BCUT2D eigenvalue weighted by Gasteiger charge is -2.26. The molecular formula is C7H12BrN. The first-order valence-corrected chi connectivity index (χ1v) is 4.55. The second kappa shape index (κ2) is 1.73. The Labute approximate surface area is 64.1 Å². The Kier molecular flexibility index (Phi) is 1.18. The molecule has 0 spiro atoms. The molecule has 0 aromatic heterocycles. The Hall–Kier alpha value is 0.440. The van der Waals surface area contributed by atoms with E-state index in [0.29, 0.717) is 4.83 Å². The highest BCUT2D eigenvalue weighted by molar-refractivity contribution is 9.09. The van der Waals surface area contributed by atoms with Gasteiger partial charge in [-0.05, 0) is 31.6 Å². The zero-order valence-corrected chi connectivity index (χ0v) is 7.02. The highest BCUT2D eigenvalue weighted by Gasteiger charge is 2.48. The van der Waals surface area contributed by atoms with Crippen LogP contribution in [0.5, 0.6) is 0 Å². The summed E-state index contributed by atoms with van der Waals surface area (Å²) in [5.74, 6) is 0.944. The molecule has 2 aliphatic carbocycles. The van der Waals surface area contributed by atoms with Crippen LogP contribution >= 0.6 is 15.9 Å². The lowest BCUT2D eigenvalue weighted by Crippen LogP contribution is -2.42. The summed E-state index contributed by atoms with van der Waals surface area (Å²) in [5, 5.41) is 0. The maximum Gasteiger partial charge on any atom is 0.0328 e. The van der Waals surface area contributed by atoms with Gasteiger partial charge in [0.1, 0.15) is 0 Å². The van der Waals surface area contributed by atoms with Crippen LogP contribution < -0.4 is 5.73 Å². The van der Waals surface area contributed by atoms with Crippen LogP contribution in [0.2, 0.25) is 0 Å². The maximum absolute atomic E-state index is 6.10. The number of hydrogen-bond acceptors (Lipinski definition) is 1. The smallest absolute Gasteiger partial charge is 0.0328 e. The SMILES string of the molecule is N[C@]12CC[C@@H](C[C@@H]1Br)C2. The van der Waals surface area contributed by atoms with Gasteiger partial charge in [-0.2, -0.15) is 0 Å². The fraction of sp³-hybridized carbons (Fsp3) is 1.00. The van der Waals surface area contributed by atoms with Crippen molar-refractivity contribution in [2.45, 2.75) is 36.0 Å². The van der Waals surface area contributed by atoms with Gasteiger partial charge in [0.15, 0.2) is 0 Å². The first-order valence-electron chi connectivity index (χ1n) is 3.64. The number of nitrogens with two attached hydrogens (primary N) is 1. The number of alkyl halides is 1. The van der Waals surface area contributed by atoms with Crippen LogP contribution in [0.4, 0.5) is 0 Å². The first kappa shape index (κ1) is 6.17. The number of rotatable bonds is 0. The highest BCUT2D eigenvalue weighted by atomic mass is 79.9. The second-order valence-electron chi connectivity index (χ2n) is 3.55. The minimum atomic E-state index is 0.185. The van der Waals surface area contributed by atoms with Crippen molar-refractivity contribution in [1.29, 1.82) is 0 Å². The zero-order valence-electron chi connectivity index (χ0n) is 5.44. The molecule has 0 heterocycles. The lowest BCUT2D eigenvalue weighted by atomic mass is 9.95. The van der Waals surface area contributed by atoms with Crippen LogP contribution in [0.3, 0.4) is 0 Å². The minimum absolute atomic E-state index is 0.185. The van der Waals surface area contributed by atoms with E-state index in [1.54, 1.807) is 0 Å². The van der Waals surface area contributed by atoms with Crippen molar-refractivity contribution >= 4 is 15.9 Å². The van der Waals surface area contributed by atoms with Gasteiger partial charge >= 0.3 is 0 Å². The molecule has 2 fully saturated rings. The largest absolute Gasteiger partial charge is 0.324 e. The van der Waals surface area contributed by atoms with Crippen molar-refractivity contribution in [2.24, 2.45) is 11.7 Å². The van der Waals surface area contributed by atoms with Crippen LogP contribution in [-0.2, 0) is 0 Å². The Morgan fingerprint density at radius 3 is 2.56 bits per heavy atom. The van der Waals surface area contributed by atoms with Crippen molar-refractivity contribution in [3.63, 3.8) is 0 Å². The molecule has 2 N–H and O–H groups in total. The van der Waals surface area contributed by atoms with Gasteiger partial charge in [-0.15, -0.1) is 0 Å². The fourth-order valence-corrected chi connectivity index (χ4v) is 3.17. The van der Waals surface area contributed by atoms with Gasteiger partial charge in [0.25, 0.3) is 0 Å². The molecule has 2 aliphatic rings. The van der Waals surface area contributed by atoms with Crippen LogP contribution in [0.15, 0.2) is 0 Å². The standard InChI is InChI=1S/C7H12BrN/c8-6-3-5-1-2-7(6,9)4-5/h5-6H,1-4,9H2/t5-,6-,7-/m0/s1. The molecule has 2 saturated carbocycles. The summed E-state index contributed by atoms with van der Waals surface area (Å²) >= 11 is 3.63. The van der Waals surface area contributed by atoms with E-state index in [9.17, 15) is 0 Å². The average molecular weight is 190 g/mol. The molecule has 0 aliphatic heterocycles. The number of halogens is 1. The van der Waals surface area contributed by atoms with Crippen molar-refractivity contribution in [1.82, 2.24) is 0 Å². The van der Waals surface area contributed by atoms with E-state index >= 15 is 0 Å². The summed E-state index contributed by atoms with van der Waals surface area (Å²) in [6.07, 6.45) is 5.20. The minimum Gasteiger partial charge on any atom is -0.324 e. The first-order chi connectivity index (χ1) is 4.21. The van der Waals surface area contributed by atoms with E-state index in [0.717, 1.165) is 5.92 Å². The number of hydrogen-bond donors (Lipinski definition) is 1. The molecular weight excluding hydrogens is 178 g/mol. The monoisotopic (exact) mass is 189 g/mol. The third-order valence-corrected chi connectivity index (χ3v) is 4.14. The van der Waals surface area contributed by atoms with Gasteiger partial charge in [0, 0.05) is 10.4 Å². The molecule has 0 radical (unpaired) electrons. The van der Waals surface area contributed by atoms with Crippen molar-refractivity contribution < 1.29 is 0 Å². The predicted molar refractivity (Wildman–Crippen MR) is 41.6 cm³/mol. The summed E-state index contributed by atoms with van der Waals surface area (Å²) in [6.45, 7) is 0. The third-order valence-electron chi connectivity index (χ3n) is 2.85. The van der Waals surface area contributed by atoms with Gasteiger partial charge in [-0.3, -0.25) is 0 Å².